The van der Waals surface area contributed by atoms with Crippen LogP contribution >= 0.6 is 47.0 Å². The standard InChI is InChI=1S/C18H15Cl3N4O3S/c19-12-4-1-3-11(15(12)21)17(26)22-18(29)24-9-7-23(8-10-24)16-13(20)5-2-6-14(16)25(27)28/h1-6H,7-10H2,(H,22,26,29). The van der Waals surface area contributed by atoms with Crippen molar-refractivity contribution in [1.82, 2.24) is 10.2 Å². The van der Waals surface area contributed by atoms with Crippen molar-refractivity contribution in [3.8, 4) is 0 Å². The van der Waals surface area contributed by atoms with Crippen molar-refractivity contribution in [2.45, 2.75) is 0 Å². The van der Waals surface area contributed by atoms with Gasteiger partial charge in [-0.15, -0.1) is 0 Å². The van der Waals surface area contributed by atoms with Crippen molar-refractivity contribution < 1.29 is 9.72 Å². The zero-order chi connectivity index (χ0) is 21.1. The van der Waals surface area contributed by atoms with Crippen LogP contribution in [-0.4, -0.2) is 47.0 Å². The molecular weight excluding hydrogens is 459 g/mol. The molecule has 1 fully saturated rings. The van der Waals surface area contributed by atoms with E-state index in [0.717, 1.165) is 0 Å². The van der Waals surface area contributed by atoms with Gasteiger partial charge in [0.1, 0.15) is 5.69 Å². The van der Waals surface area contributed by atoms with Crippen molar-refractivity contribution in [3.63, 3.8) is 0 Å². The number of amides is 1. The molecule has 0 aliphatic carbocycles. The summed E-state index contributed by atoms with van der Waals surface area (Å²) in [5.41, 5.74) is 0.573. The molecular formula is C18H15Cl3N4O3S. The van der Waals surface area contributed by atoms with E-state index >= 15 is 0 Å². The number of piperazine rings is 1. The number of nitro benzene ring substituents is 1. The second-order valence-corrected chi connectivity index (χ2v) is 7.78. The molecule has 0 saturated carbocycles. The Hall–Kier alpha value is -2.13. The molecule has 0 radical (unpaired) electrons. The van der Waals surface area contributed by atoms with E-state index in [1.54, 1.807) is 30.3 Å². The number of thiocarbonyl (C=S) groups is 1. The summed E-state index contributed by atoms with van der Waals surface area (Å²) in [6.45, 7) is 1.84. The molecule has 0 aromatic heterocycles. The van der Waals surface area contributed by atoms with Crippen LogP contribution in [0.4, 0.5) is 11.4 Å². The molecule has 1 saturated heterocycles. The molecule has 11 heteroatoms. The lowest BCUT2D eigenvalue weighted by atomic mass is 10.2. The Morgan fingerprint density at radius 2 is 1.66 bits per heavy atom. The molecule has 2 aromatic carbocycles. The first-order chi connectivity index (χ1) is 13.8. The summed E-state index contributed by atoms with van der Waals surface area (Å²) >= 11 is 23.6. The van der Waals surface area contributed by atoms with Crippen molar-refractivity contribution in [2.75, 3.05) is 31.1 Å². The molecule has 1 heterocycles. The van der Waals surface area contributed by atoms with Crippen molar-refractivity contribution in [3.05, 3.63) is 67.1 Å². The van der Waals surface area contributed by atoms with Crippen molar-refractivity contribution >= 4 is 69.4 Å². The first-order valence-electron chi connectivity index (χ1n) is 8.51. The third kappa shape index (κ3) is 4.72. The Bertz CT molecular complexity index is 981. The second-order valence-electron chi connectivity index (χ2n) is 6.20. The minimum Gasteiger partial charge on any atom is -0.361 e. The van der Waals surface area contributed by atoms with E-state index in [1.807, 2.05) is 9.80 Å². The van der Waals surface area contributed by atoms with E-state index in [4.69, 9.17) is 47.0 Å². The smallest absolute Gasteiger partial charge is 0.294 e. The number of carbonyl (C=O) groups excluding carboxylic acids is 1. The van der Waals surface area contributed by atoms with Crippen LogP contribution < -0.4 is 10.2 Å². The predicted molar refractivity (Wildman–Crippen MR) is 118 cm³/mol. The quantitative estimate of drug-likeness (QED) is 0.405. The van der Waals surface area contributed by atoms with Gasteiger partial charge in [-0.3, -0.25) is 20.2 Å². The third-order valence-corrected chi connectivity index (χ3v) is 5.95. The van der Waals surface area contributed by atoms with Gasteiger partial charge in [-0.2, -0.15) is 0 Å². The third-order valence-electron chi connectivity index (χ3n) is 4.46. The largest absolute Gasteiger partial charge is 0.361 e. The van der Waals surface area contributed by atoms with Gasteiger partial charge in [0.2, 0.25) is 0 Å². The predicted octanol–water partition coefficient (Wildman–Crippen LogP) is 4.39. The Balaban J connectivity index is 1.65. The lowest BCUT2D eigenvalue weighted by Gasteiger charge is -2.37. The zero-order valence-electron chi connectivity index (χ0n) is 14.9. The Morgan fingerprint density at radius 1 is 1.03 bits per heavy atom. The number of hydrogen-bond acceptors (Lipinski definition) is 5. The number of nitro groups is 1. The minimum absolute atomic E-state index is 0.0440. The average molecular weight is 474 g/mol. The van der Waals surface area contributed by atoms with Crippen LogP contribution in [0.3, 0.4) is 0 Å². The Kier molecular flexibility index (Phi) is 6.79. The molecule has 1 aliphatic heterocycles. The summed E-state index contributed by atoms with van der Waals surface area (Å²) in [5, 5.41) is 15.0. The van der Waals surface area contributed by atoms with Gasteiger partial charge >= 0.3 is 0 Å². The molecule has 29 heavy (non-hydrogen) atoms. The van der Waals surface area contributed by atoms with Gasteiger partial charge in [-0.05, 0) is 30.4 Å². The molecule has 3 rings (SSSR count). The molecule has 152 valence electrons. The van der Waals surface area contributed by atoms with E-state index in [0.29, 0.717) is 36.9 Å². The minimum atomic E-state index is -0.452. The van der Waals surface area contributed by atoms with E-state index in [9.17, 15) is 14.9 Å². The molecule has 0 bridgehead atoms. The van der Waals surface area contributed by atoms with Gasteiger partial charge in [-0.25, -0.2) is 0 Å². The van der Waals surface area contributed by atoms with E-state index < -0.39 is 10.8 Å². The van der Waals surface area contributed by atoms with E-state index in [1.165, 1.54) is 6.07 Å². The number of carbonyl (C=O) groups is 1. The van der Waals surface area contributed by atoms with Gasteiger partial charge in [0, 0.05) is 32.2 Å². The van der Waals surface area contributed by atoms with E-state index in [2.05, 4.69) is 5.32 Å². The van der Waals surface area contributed by atoms with Crippen molar-refractivity contribution in [2.24, 2.45) is 0 Å². The summed E-state index contributed by atoms with van der Waals surface area (Å²) in [6.07, 6.45) is 0. The zero-order valence-corrected chi connectivity index (χ0v) is 18.0. The number of benzene rings is 2. The van der Waals surface area contributed by atoms with Crippen LogP contribution in [0.5, 0.6) is 0 Å². The maximum absolute atomic E-state index is 12.4. The van der Waals surface area contributed by atoms with E-state index in [-0.39, 0.29) is 26.4 Å². The summed E-state index contributed by atoms with van der Waals surface area (Å²) in [5.74, 6) is -0.452. The monoisotopic (exact) mass is 472 g/mol. The molecule has 7 nitrogen and oxygen atoms in total. The van der Waals surface area contributed by atoms with Crippen LogP contribution in [0.2, 0.25) is 15.1 Å². The van der Waals surface area contributed by atoms with Crippen LogP contribution in [0.25, 0.3) is 0 Å². The van der Waals surface area contributed by atoms with Crippen LogP contribution in [0.1, 0.15) is 10.4 Å². The topological polar surface area (TPSA) is 78.7 Å². The fraction of sp³-hybridized carbons (Fsp3) is 0.222. The van der Waals surface area contributed by atoms with Crippen LogP contribution in [0.15, 0.2) is 36.4 Å². The summed E-state index contributed by atoms with van der Waals surface area (Å²) < 4.78 is 0. The van der Waals surface area contributed by atoms with Gasteiger partial charge in [0.25, 0.3) is 11.6 Å². The number of anilines is 1. The fourth-order valence-electron chi connectivity index (χ4n) is 3.02. The van der Waals surface area contributed by atoms with Gasteiger partial charge in [0.15, 0.2) is 5.11 Å². The Labute approximate surface area is 187 Å². The van der Waals surface area contributed by atoms with Gasteiger partial charge < -0.3 is 9.80 Å². The normalized spacial score (nSPS) is 13.9. The molecule has 1 N–H and O–H groups in total. The average Bonchev–Trinajstić information content (AvgIpc) is 2.69. The first kappa shape index (κ1) is 21.6. The Morgan fingerprint density at radius 3 is 2.31 bits per heavy atom. The van der Waals surface area contributed by atoms with Crippen molar-refractivity contribution in [1.29, 1.82) is 0 Å². The SMILES string of the molecule is O=C(NC(=S)N1CCN(c2c(Cl)cccc2[N+](=O)[O-])CC1)c1cccc(Cl)c1Cl. The van der Waals surface area contributed by atoms with Crippen LogP contribution in [0, 0.1) is 10.1 Å². The lowest BCUT2D eigenvalue weighted by molar-refractivity contribution is -0.384. The summed E-state index contributed by atoms with van der Waals surface area (Å²) in [4.78, 5) is 27.0. The van der Waals surface area contributed by atoms with Gasteiger partial charge in [-0.1, -0.05) is 46.9 Å². The number of rotatable bonds is 3. The highest BCUT2D eigenvalue weighted by molar-refractivity contribution is 7.80. The molecule has 0 atom stereocenters. The summed E-state index contributed by atoms with van der Waals surface area (Å²) in [7, 11) is 0. The number of hydrogen-bond donors (Lipinski definition) is 1. The highest BCUT2D eigenvalue weighted by Gasteiger charge is 2.27. The number of nitrogens with one attached hydrogen (secondary N) is 1. The molecule has 1 amide bonds. The molecule has 0 spiro atoms. The van der Waals surface area contributed by atoms with Crippen LogP contribution in [-0.2, 0) is 0 Å². The number of halogens is 3. The van der Waals surface area contributed by atoms with Gasteiger partial charge in [0.05, 0.1) is 25.6 Å². The number of nitrogens with zero attached hydrogens (tertiary/aromatic N) is 3. The highest BCUT2D eigenvalue weighted by atomic mass is 35.5. The maximum Gasteiger partial charge on any atom is 0.294 e. The molecule has 0 unspecified atom stereocenters. The highest BCUT2D eigenvalue weighted by Crippen LogP contribution is 2.35. The molecule has 1 aliphatic rings. The number of para-hydroxylation sites is 1. The maximum atomic E-state index is 12.4. The first-order valence-corrected chi connectivity index (χ1v) is 10.1. The lowest BCUT2D eigenvalue weighted by Crippen LogP contribution is -2.52. The molecule has 2 aromatic rings. The fourth-order valence-corrected chi connectivity index (χ4v) is 3.97. The summed E-state index contributed by atoms with van der Waals surface area (Å²) in [6, 6.07) is 9.36. The second kappa shape index (κ2) is 9.13.